The van der Waals surface area contributed by atoms with Gasteiger partial charge >= 0.3 is 12.0 Å². The van der Waals surface area contributed by atoms with Gasteiger partial charge in [-0.25, -0.2) is 9.79 Å². The van der Waals surface area contributed by atoms with E-state index in [2.05, 4.69) is 22.4 Å². The molecule has 1 N–H and O–H groups in total. The maximum absolute atomic E-state index is 12.6. The molecule has 2 aromatic rings. The third kappa shape index (κ3) is 4.33. The Bertz CT molecular complexity index is 756. The number of esters is 1. The number of amides is 2. The van der Waals surface area contributed by atoms with Crippen molar-refractivity contribution < 1.29 is 14.3 Å². The second-order valence-electron chi connectivity index (χ2n) is 5.93. The fourth-order valence-corrected chi connectivity index (χ4v) is 3.73. The van der Waals surface area contributed by atoms with E-state index in [1.54, 1.807) is 6.92 Å². The van der Waals surface area contributed by atoms with Crippen LogP contribution < -0.4 is 5.32 Å². The first-order valence-corrected chi connectivity index (χ1v) is 9.13. The highest BCUT2D eigenvalue weighted by Crippen LogP contribution is 2.30. The maximum Gasteiger partial charge on any atom is 0.341 e. The van der Waals surface area contributed by atoms with Crippen LogP contribution >= 0.6 is 11.3 Å². The van der Waals surface area contributed by atoms with Gasteiger partial charge in [-0.1, -0.05) is 36.4 Å². The summed E-state index contributed by atoms with van der Waals surface area (Å²) in [5.41, 5.74) is 1.72. The van der Waals surface area contributed by atoms with Gasteiger partial charge in [0.2, 0.25) is 0 Å². The lowest BCUT2D eigenvalue weighted by molar-refractivity contribution is -0.147. The number of rotatable bonds is 6. The summed E-state index contributed by atoms with van der Waals surface area (Å²) in [6, 6.07) is 13.1. The van der Waals surface area contributed by atoms with Gasteiger partial charge in [-0.3, -0.25) is 4.79 Å². The number of thiophene rings is 1. The summed E-state index contributed by atoms with van der Waals surface area (Å²) >= 11 is 1.50. The molecule has 5 nitrogen and oxygen atoms in total. The van der Waals surface area contributed by atoms with E-state index in [-0.39, 0.29) is 5.97 Å². The highest BCUT2D eigenvalue weighted by Gasteiger charge is 2.38. The van der Waals surface area contributed by atoms with Gasteiger partial charge in [0.1, 0.15) is 5.92 Å². The maximum atomic E-state index is 12.6. The summed E-state index contributed by atoms with van der Waals surface area (Å²) in [5.74, 6) is -0.916. The zero-order chi connectivity index (χ0) is 17.6. The Morgan fingerprint density at radius 3 is 2.76 bits per heavy atom. The Morgan fingerprint density at radius 1 is 1.24 bits per heavy atom. The molecule has 2 heterocycles. The van der Waals surface area contributed by atoms with Gasteiger partial charge in [0.25, 0.3) is 0 Å². The first-order valence-electron chi connectivity index (χ1n) is 8.25. The topological polar surface area (TPSA) is 67.8 Å². The highest BCUT2D eigenvalue weighted by atomic mass is 32.1. The summed E-state index contributed by atoms with van der Waals surface area (Å²) in [4.78, 5) is 29.1. The summed E-state index contributed by atoms with van der Waals surface area (Å²) in [5, 5.41) is 4.70. The van der Waals surface area contributed by atoms with Crippen molar-refractivity contribution in [2.45, 2.75) is 25.8 Å². The predicted octanol–water partition coefficient (Wildman–Crippen LogP) is 3.77. The van der Waals surface area contributed by atoms with Crippen LogP contribution in [0.3, 0.4) is 0 Å². The first-order chi connectivity index (χ1) is 12.1. The van der Waals surface area contributed by atoms with Crippen LogP contribution in [0.2, 0.25) is 0 Å². The number of aryl methyl sites for hydroxylation is 1. The molecular weight excluding hydrogens is 336 g/mol. The molecule has 1 aliphatic heterocycles. The van der Waals surface area contributed by atoms with Crippen LogP contribution in [0.4, 0.5) is 4.79 Å². The molecule has 2 unspecified atom stereocenters. The Labute approximate surface area is 150 Å². The number of hydrogen-bond acceptors (Lipinski definition) is 4. The van der Waals surface area contributed by atoms with Crippen LogP contribution in [0.1, 0.15) is 29.8 Å². The molecule has 130 valence electrons. The normalized spacial score (nSPS) is 19.9. The van der Waals surface area contributed by atoms with Gasteiger partial charge in [-0.05, 0) is 36.8 Å². The fourth-order valence-electron chi connectivity index (χ4n) is 2.91. The Kier molecular flexibility index (Phi) is 5.60. The number of nitrogens with one attached hydrogen (secondary N) is 1. The predicted molar refractivity (Wildman–Crippen MR) is 97.9 cm³/mol. The van der Waals surface area contributed by atoms with E-state index in [0.717, 1.165) is 17.7 Å². The van der Waals surface area contributed by atoms with Crippen LogP contribution in [0, 0.1) is 5.92 Å². The third-order valence-corrected chi connectivity index (χ3v) is 5.10. The average molecular weight is 356 g/mol. The van der Waals surface area contributed by atoms with Crippen molar-refractivity contribution in [3.8, 4) is 0 Å². The SMILES string of the molecule is CC1=NC(=O)NC(c2cccs2)C1C(=O)OCCCc1ccccc1. The summed E-state index contributed by atoms with van der Waals surface area (Å²) in [6.45, 7) is 2.05. The molecule has 25 heavy (non-hydrogen) atoms. The van der Waals surface area contributed by atoms with Gasteiger partial charge in [0.05, 0.1) is 12.6 Å². The van der Waals surface area contributed by atoms with E-state index in [1.807, 2.05) is 35.7 Å². The molecule has 0 spiro atoms. The molecule has 0 fully saturated rings. The van der Waals surface area contributed by atoms with Gasteiger partial charge in [-0.15, -0.1) is 11.3 Å². The Balaban J connectivity index is 1.60. The molecule has 1 aromatic carbocycles. The molecule has 1 aromatic heterocycles. The minimum Gasteiger partial charge on any atom is -0.465 e. The Hall–Kier alpha value is -2.47. The summed E-state index contributed by atoms with van der Waals surface area (Å²) in [7, 11) is 0. The van der Waals surface area contributed by atoms with E-state index < -0.39 is 18.0 Å². The van der Waals surface area contributed by atoms with Crippen molar-refractivity contribution >= 4 is 29.0 Å². The van der Waals surface area contributed by atoms with Crippen molar-refractivity contribution in [1.29, 1.82) is 0 Å². The van der Waals surface area contributed by atoms with E-state index in [9.17, 15) is 9.59 Å². The molecule has 0 saturated carbocycles. The van der Waals surface area contributed by atoms with Crippen molar-refractivity contribution in [2.75, 3.05) is 6.61 Å². The number of aliphatic imine (C=N–C) groups is 1. The van der Waals surface area contributed by atoms with E-state index in [4.69, 9.17) is 4.74 Å². The van der Waals surface area contributed by atoms with Gasteiger partial charge in [0.15, 0.2) is 0 Å². The van der Waals surface area contributed by atoms with Gasteiger partial charge in [-0.2, -0.15) is 0 Å². The zero-order valence-corrected chi connectivity index (χ0v) is 14.8. The molecule has 1 aliphatic rings. The molecule has 0 radical (unpaired) electrons. The third-order valence-electron chi connectivity index (χ3n) is 4.14. The van der Waals surface area contributed by atoms with Crippen LogP contribution in [0.5, 0.6) is 0 Å². The number of ether oxygens (including phenoxy) is 1. The van der Waals surface area contributed by atoms with Crippen LogP contribution in [-0.2, 0) is 16.0 Å². The first kappa shape index (κ1) is 17.4. The largest absolute Gasteiger partial charge is 0.465 e. The molecule has 2 atom stereocenters. The molecule has 6 heteroatoms. The van der Waals surface area contributed by atoms with Crippen LogP contribution in [-0.4, -0.2) is 24.3 Å². The average Bonchev–Trinajstić information content (AvgIpc) is 3.13. The van der Waals surface area contributed by atoms with E-state index >= 15 is 0 Å². The second kappa shape index (κ2) is 8.07. The summed E-state index contributed by atoms with van der Waals surface area (Å²) in [6.07, 6.45) is 1.62. The number of carbonyl (C=O) groups excluding carboxylic acids is 2. The fraction of sp³-hybridized carbons (Fsp3) is 0.316. The molecule has 2 amide bonds. The number of urea groups is 1. The standard InChI is InChI=1S/C19H20N2O3S/c1-13-16(17(21-19(23)20-13)15-10-6-12-25-15)18(22)24-11-5-9-14-7-3-2-4-8-14/h2-4,6-8,10,12,16-17H,5,9,11H2,1H3,(H,21,23). The van der Waals surface area contributed by atoms with E-state index in [0.29, 0.717) is 12.3 Å². The zero-order valence-electron chi connectivity index (χ0n) is 14.0. The molecule has 0 saturated heterocycles. The van der Waals surface area contributed by atoms with Gasteiger partial charge in [0, 0.05) is 10.6 Å². The summed E-state index contributed by atoms with van der Waals surface area (Å²) < 4.78 is 5.47. The highest BCUT2D eigenvalue weighted by molar-refractivity contribution is 7.10. The van der Waals surface area contributed by atoms with Crippen LogP contribution in [0.25, 0.3) is 0 Å². The minimum absolute atomic E-state index is 0.340. The quantitative estimate of drug-likeness (QED) is 0.633. The van der Waals surface area contributed by atoms with E-state index in [1.165, 1.54) is 16.9 Å². The van der Waals surface area contributed by atoms with Crippen molar-refractivity contribution in [1.82, 2.24) is 5.32 Å². The number of carbonyl (C=O) groups is 2. The lowest BCUT2D eigenvalue weighted by Gasteiger charge is -2.28. The number of hydrogen-bond donors (Lipinski definition) is 1. The lowest BCUT2D eigenvalue weighted by Crippen LogP contribution is -2.44. The number of nitrogens with zero attached hydrogens (tertiary/aromatic N) is 1. The monoisotopic (exact) mass is 356 g/mol. The van der Waals surface area contributed by atoms with Gasteiger partial charge < -0.3 is 10.1 Å². The number of benzene rings is 1. The minimum atomic E-state index is -0.576. The van der Waals surface area contributed by atoms with Crippen molar-refractivity contribution in [3.05, 3.63) is 58.3 Å². The lowest BCUT2D eigenvalue weighted by atomic mass is 9.92. The second-order valence-corrected chi connectivity index (χ2v) is 6.91. The van der Waals surface area contributed by atoms with Crippen molar-refractivity contribution in [2.24, 2.45) is 10.9 Å². The Morgan fingerprint density at radius 2 is 2.04 bits per heavy atom. The van der Waals surface area contributed by atoms with Crippen LogP contribution in [0.15, 0.2) is 52.8 Å². The smallest absolute Gasteiger partial charge is 0.341 e. The molecule has 0 aliphatic carbocycles. The molecular formula is C19H20N2O3S. The molecule has 3 rings (SSSR count). The van der Waals surface area contributed by atoms with Crippen molar-refractivity contribution in [3.63, 3.8) is 0 Å². The molecule has 0 bridgehead atoms.